The second kappa shape index (κ2) is 8.97. The molecule has 2 aliphatic rings. The van der Waals surface area contributed by atoms with E-state index < -0.39 is 0 Å². The predicted octanol–water partition coefficient (Wildman–Crippen LogP) is 3.63. The molecule has 0 aromatic carbocycles. The van der Waals surface area contributed by atoms with Crippen molar-refractivity contribution in [3.8, 4) is 0 Å². The van der Waals surface area contributed by atoms with Crippen LogP contribution in [0.2, 0.25) is 0 Å². The predicted molar refractivity (Wildman–Crippen MR) is 68.8 cm³/mol. The van der Waals surface area contributed by atoms with E-state index in [9.17, 15) is 0 Å². The number of hydrogen-bond donors (Lipinski definition) is 0. The summed E-state index contributed by atoms with van der Waals surface area (Å²) in [5.74, 6) is 5.58. The maximum Gasteiger partial charge on any atom is 0.0392 e. The zero-order valence-corrected chi connectivity index (χ0v) is 10.6. The summed E-state index contributed by atoms with van der Waals surface area (Å²) in [5.41, 5.74) is 0. The van der Waals surface area contributed by atoms with Gasteiger partial charge in [0, 0.05) is 10.2 Å². The minimum Gasteiger partial charge on any atom is -0.151 e. The van der Waals surface area contributed by atoms with Crippen molar-refractivity contribution in [1.29, 1.82) is 0 Å². The Morgan fingerprint density at radius 2 is 0.833 bits per heavy atom. The first-order valence-electron chi connectivity index (χ1n) is 4.31. The summed E-state index contributed by atoms with van der Waals surface area (Å²) in [6.45, 7) is 0. The molecular formula is C8H16S4. The van der Waals surface area contributed by atoms with Crippen LogP contribution in [-0.4, -0.2) is 33.2 Å². The molecule has 0 nitrogen and oxygen atoms in total. The molecule has 2 fully saturated rings. The number of hydrogen-bond acceptors (Lipinski definition) is 4. The van der Waals surface area contributed by atoms with Crippen molar-refractivity contribution in [1.82, 2.24) is 0 Å². The Labute approximate surface area is 92.8 Å². The molecule has 2 heterocycles. The van der Waals surface area contributed by atoms with Gasteiger partial charge in [0.05, 0.1) is 0 Å². The highest BCUT2D eigenvalue weighted by molar-refractivity contribution is 8.16. The summed E-state index contributed by atoms with van der Waals surface area (Å²) in [5, 5.41) is 2.67. The Kier molecular flexibility index (Phi) is 8.58. The van der Waals surface area contributed by atoms with E-state index in [2.05, 4.69) is 47.0 Å². The van der Waals surface area contributed by atoms with Gasteiger partial charge in [-0.25, -0.2) is 0 Å². The molecule has 0 bridgehead atoms. The molecular weight excluding hydrogens is 224 g/mol. The van der Waals surface area contributed by atoms with Gasteiger partial charge in [-0.15, -0.1) is 0 Å². The summed E-state index contributed by atoms with van der Waals surface area (Å²) >= 11 is 8.23. The highest BCUT2D eigenvalue weighted by atomic mass is 32.2. The lowest BCUT2D eigenvalue weighted by Gasteiger charge is -2.05. The van der Waals surface area contributed by atoms with Crippen molar-refractivity contribution in [2.45, 2.75) is 12.8 Å². The molecule has 0 aromatic heterocycles. The van der Waals surface area contributed by atoms with Crippen LogP contribution < -0.4 is 0 Å². The molecule has 0 unspecified atom stereocenters. The van der Waals surface area contributed by atoms with Crippen molar-refractivity contribution in [2.24, 2.45) is 0 Å². The monoisotopic (exact) mass is 240 g/mol. The van der Waals surface area contributed by atoms with Gasteiger partial charge in [0.25, 0.3) is 0 Å². The molecule has 2 saturated heterocycles. The van der Waals surface area contributed by atoms with E-state index in [1.54, 1.807) is 0 Å². The van der Waals surface area contributed by atoms with Gasteiger partial charge in [-0.05, 0) is 35.9 Å². The van der Waals surface area contributed by atoms with Crippen LogP contribution >= 0.6 is 47.0 Å². The Morgan fingerprint density at radius 1 is 0.500 bits per heavy atom. The van der Waals surface area contributed by atoms with E-state index in [0.717, 1.165) is 0 Å². The molecule has 0 N–H and O–H groups in total. The highest BCUT2D eigenvalue weighted by Crippen LogP contribution is 2.20. The maximum absolute atomic E-state index is 2.06. The van der Waals surface area contributed by atoms with Gasteiger partial charge < -0.3 is 0 Å². The summed E-state index contributed by atoms with van der Waals surface area (Å²) < 4.78 is 0. The van der Waals surface area contributed by atoms with Gasteiger partial charge in [-0.3, -0.25) is 0 Å². The molecule has 0 spiro atoms. The van der Waals surface area contributed by atoms with Crippen molar-refractivity contribution in [2.75, 3.05) is 33.2 Å². The van der Waals surface area contributed by atoms with E-state index in [4.69, 9.17) is 0 Å². The maximum atomic E-state index is 2.06. The first kappa shape index (κ1) is 11.5. The Morgan fingerprint density at radius 3 is 0.917 bits per heavy atom. The second-order valence-electron chi connectivity index (χ2n) is 2.58. The van der Waals surface area contributed by atoms with Crippen molar-refractivity contribution in [3.63, 3.8) is 0 Å². The van der Waals surface area contributed by atoms with Crippen LogP contribution in [0.15, 0.2) is 0 Å². The van der Waals surface area contributed by atoms with Crippen LogP contribution in [0.4, 0.5) is 0 Å². The summed E-state index contributed by atoms with van der Waals surface area (Å²) in [4.78, 5) is 0. The Balaban J connectivity index is 0.000000120. The van der Waals surface area contributed by atoms with E-state index in [1.165, 1.54) is 46.0 Å². The average Bonchev–Trinajstić information content (AvgIpc) is 2.24. The van der Waals surface area contributed by atoms with Crippen LogP contribution in [-0.2, 0) is 0 Å². The molecule has 4 heteroatoms. The van der Waals surface area contributed by atoms with Crippen LogP contribution in [0.3, 0.4) is 0 Å². The van der Waals surface area contributed by atoms with Gasteiger partial charge in [0.15, 0.2) is 0 Å². The van der Waals surface area contributed by atoms with Crippen LogP contribution in [0, 0.1) is 0 Å². The molecule has 2 aliphatic heterocycles. The third kappa shape index (κ3) is 6.87. The van der Waals surface area contributed by atoms with E-state index in [0.29, 0.717) is 0 Å². The SMILES string of the molecule is C1CSCSC1.C1CSCSC1. The normalized spacial score (nSPS) is 24.0. The van der Waals surface area contributed by atoms with Crippen molar-refractivity contribution < 1.29 is 0 Å². The van der Waals surface area contributed by atoms with Crippen LogP contribution in [0.1, 0.15) is 12.8 Å². The lowest BCUT2D eigenvalue weighted by molar-refractivity contribution is 1.12. The third-order valence-electron chi connectivity index (χ3n) is 1.49. The smallest absolute Gasteiger partial charge is 0.0392 e. The molecule has 0 aliphatic carbocycles. The lowest BCUT2D eigenvalue weighted by Crippen LogP contribution is -1.90. The zero-order valence-electron chi connectivity index (χ0n) is 7.29. The third-order valence-corrected chi connectivity index (χ3v) is 6.46. The van der Waals surface area contributed by atoms with Crippen molar-refractivity contribution in [3.05, 3.63) is 0 Å². The number of thioether (sulfide) groups is 4. The minimum atomic E-state index is 1.33. The largest absolute Gasteiger partial charge is 0.151 e. The summed E-state index contributed by atoms with van der Waals surface area (Å²) in [6.07, 6.45) is 2.85. The first-order chi connectivity index (χ1) is 6.00. The van der Waals surface area contributed by atoms with Gasteiger partial charge in [-0.2, -0.15) is 47.0 Å². The fourth-order valence-electron chi connectivity index (χ4n) is 0.880. The minimum absolute atomic E-state index is 1.33. The summed E-state index contributed by atoms with van der Waals surface area (Å²) in [6, 6.07) is 0. The molecule has 12 heavy (non-hydrogen) atoms. The van der Waals surface area contributed by atoms with Gasteiger partial charge in [0.1, 0.15) is 0 Å². The van der Waals surface area contributed by atoms with Crippen LogP contribution in [0.5, 0.6) is 0 Å². The topological polar surface area (TPSA) is 0 Å². The Hall–Kier alpha value is 1.40. The van der Waals surface area contributed by atoms with E-state index >= 15 is 0 Å². The van der Waals surface area contributed by atoms with Crippen LogP contribution in [0.25, 0.3) is 0 Å². The highest BCUT2D eigenvalue weighted by Gasteiger charge is 1.96. The Bertz CT molecular complexity index is 54.0. The fraction of sp³-hybridized carbons (Fsp3) is 1.00. The molecule has 0 atom stereocenters. The first-order valence-corrected chi connectivity index (χ1v) is 8.93. The molecule has 2 rings (SSSR count). The second-order valence-corrected chi connectivity index (χ2v) is 7.73. The molecule has 0 aromatic rings. The quantitative estimate of drug-likeness (QED) is 0.634. The fourth-order valence-corrected chi connectivity index (χ4v) is 5.47. The zero-order chi connectivity index (χ0) is 8.49. The van der Waals surface area contributed by atoms with E-state index in [1.807, 2.05) is 0 Å². The molecule has 0 amide bonds. The summed E-state index contributed by atoms with van der Waals surface area (Å²) in [7, 11) is 0. The molecule has 72 valence electrons. The van der Waals surface area contributed by atoms with Gasteiger partial charge >= 0.3 is 0 Å². The average molecular weight is 240 g/mol. The van der Waals surface area contributed by atoms with Crippen molar-refractivity contribution >= 4 is 47.0 Å². The lowest BCUT2D eigenvalue weighted by atomic mass is 10.6. The number of rotatable bonds is 0. The molecule has 0 saturated carbocycles. The molecule has 0 radical (unpaired) electrons. The van der Waals surface area contributed by atoms with Gasteiger partial charge in [0.2, 0.25) is 0 Å². The standard InChI is InChI=1S/2C4H8S2/c2*1-2-5-4-6-3-1/h2*1-4H2. The van der Waals surface area contributed by atoms with E-state index in [-0.39, 0.29) is 0 Å². The van der Waals surface area contributed by atoms with Gasteiger partial charge in [-0.1, -0.05) is 0 Å².